The lowest BCUT2D eigenvalue weighted by Gasteiger charge is -2.05. The molecule has 0 bridgehead atoms. The van der Waals surface area contributed by atoms with Gasteiger partial charge in [0.15, 0.2) is 5.13 Å². The van der Waals surface area contributed by atoms with Crippen LogP contribution in [-0.2, 0) is 10.0 Å². The minimum absolute atomic E-state index is 0.0979. The van der Waals surface area contributed by atoms with Gasteiger partial charge in [-0.25, -0.2) is 18.4 Å². The molecule has 108 valence electrons. The van der Waals surface area contributed by atoms with E-state index in [9.17, 15) is 8.42 Å². The van der Waals surface area contributed by atoms with Gasteiger partial charge in [0.2, 0.25) is 0 Å². The topological polar surface area (TPSA) is 84.0 Å². The van der Waals surface area contributed by atoms with Gasteiger partial charge < -0.3 is 5.32 Å². The fourth-order valence-corrected chi connectivity index (χ4v) is 3.82. The molecule has 0 saturated carbocycles. The third-order valence-electron chi connectivity index (χ3n) is 2.82. The van der Waals surface area contributed by atoms with Gasteiger partial charge in [0.1, 0.15) is 10.7 Å². The highest BCUT2D eigenvalue weighted by molar-refractivity contribution is 7.93. The summed E-state index contributed by atoms with van der Waals surface area (Å²) >= 11 is 1.29. The van der Waals surface area contributed by atoms with Gasteiger partial charge in [-0.2, -0.15) is 0 Å². The van der Waals surface area contributed by atoms with Gasteiger partial charge in [0.25, 0.3) is 10.0 Å². The van der Waals surface area contributed by atoms with Crippen LogP contribution in [0.4, 0.5) is 10.9 Å². The number of sulfonamides is 1. The molecule has 3 aromatic rings. The summed E-state index contributed by atoms with van der Waals surface area (Å²) in [6.45, 7) is 0. The Morgan fingerprint density at radius 2 is 1.95 bits per heavy atom. The van der Waals surface area contributed by atoms with Crippen molar-refractivity contribution < 1.29 is 8.42 Å². The van der Waals surface area contributed by atoms with E-state index < -0.39 is 10.0 Å². The van der Waals surface area contributed by atoms with Crippen LogP contribution < -0.4 is 10.0 Å². The fourth-order valence-electron chi connectivity index (χ4n) is 1.78. The van der Waals surface area contributed by atoms with Crippen LogP contribution in [0.25, 0.3) is 10.2 Å². The summed E-state index contributed by atoms with van der Waals surface area (Å²) in [6, 6.07) is 10.6. The van der Waals surface area contributed by atoms with E-state index in [-0.39, 0.29) is 4.90 Å². The highest BCUT2D eigenvalue weighted by atomic mass is 32.2. The second-order valence-corrected chi connectivity index (χ2v) is 6.93. The molecule has 2 aromatic heterocycles. The van der Waals surface area contributed by atoms with E-state index in [0.29, 0.717) is 10.9 Å². The maximum absolute atomic E-state index is 12.3. The molecule has 0 fully saturated rings. The van der Waals surface area contributed by atoms with E-state index in [4.69, 9.17) is 0 Å². The van der Waals surface area contributed by atoms with Crippen LogP contribution in [0.1, 0.15) is 0 Å². The summed E-state index contributed by atoms with van der Waals surface area (Å²) in [4.78, 5) is 8.35. The molecule has 2 heterocycles. The Morgan fingerprint density at radius 1 is 1.14 bits per heavy atom. The zero-order valence-corrected chi connectivity index (χ0v) is 12.7. The Bertz CT molecular complexity index is 840. The molecule has 1 aromatic carbocycles. The molecule has 0 saturated heterocycles. The molecule has 2 N–H and O–H groups in total. The van der Waals surface area contributed by atoms with E-state index in [0.717, 1.165) is 10.2 Å². The molecule has 0 aliphatic rings. The van der Waals surface area contributed by atoms with Crippen molar-refractivity contribution in [3.05, 3.63) is 42.6 Å². The third kappa shape index (κ3) is 2.81. The molecule has 6 nitrogen and oxygen atoms in total. The van der Waals surface area contributed by atoms with Crippen LogP contribution in [0, 0.1) is 0 Å². The first kappa shape index (κ1) is 13.8. The number of fused-ring (bicyclic) bond motifs is 1. The van der Waals surface area contributed by atoms with Crippen molar-refractivity contribution in [2.24, 2.45) is 0 Å². The quantitative estimate of drug-likeness (QED) is 0.772. The summed E-state index contributed by atoms with van der Waals surface area (Å²) < 4.78 is 28.0. The second kappa shape index (κ2) is 5.30. The number of thiazole rings is 1. The van der Waals surface area contributed by atoms with Gasteiger partial charge in [-0.15, -0.1) is 0 Å². The molecule has 8 heteroatoms. The first-order valence-corrected chi connectivity index (χ1v) is 8.41. The lowest BCUT2D eigenvalue weighted by molar-refractivity contribution is 0.601. The summed E-state index contributed by atoms with van der Waals surface area (Å²) in [5, 5.41) is 3.18. The number of hydrogen-bond acceptors (Lipinski definition) is 6. The number of nitrogens with zero attached hydrogens (tertiary/aromatic N) is 2. The molecule has 0 unspecified atom stereocenters. The SMILES string of the molecule is CNc1ccc(S(=O)(=O)Nc2nc3ccccc3s2)cn1. The molecule has 0 radical (unpaired) electrons. The lowest BCUT2D eigenvalue weighted by atomic mass is 10.3. The van der Waals surface area contributed by atoms with Crippen molar-refractivity contribution in [2.45, 2.75) is 4.90 Å². The molecule has 0 atom stereocenters. The molecule has 0 amide bonds. The molecular weight excluding hydrogens is 308 g/mol. The number of hydrogen-bond donors (Lipinski definition) is 2. The summed E-state index contributed by atoms with van der Waals surface area (Å²) in [5.74, 6) is 0.605. The van der Waals surface area contributed by atoms with Crippen molar-refractivity contribution in [3.8, 4) is 0 Å². The van der Waals surface area contributed by atoms with Crippen LogP contribution in [0.5, 0.6) is 0 Å². The minimum atomic E-state index is -3.68. The number of rotatable bonds is 4. The predicted octanol–water partition coefficient (Wildman–Crippen LogP) is 2.53. The van der Waals surface area contributed by atoms with Gasteiger partial charge in [0, 0.05) is 13.2 Å². The largest absolute Gasteiger partial charge is 0.373 e. The maximum atomic E-state index is 12.3. The van der Waals surface area contributed by atoms with E-state index in [1.807, 2.05) is 24.3 Å². The van der Waals surface area contributed by atoms with Crippen molar-refractivity contribution in [3.63, 3.8) is 0 Å². The van der Waals surface area contributed by atoms with Crippen LogP contribution in [0.3, 0.4) is 0 Å². The second-order valence-electron chi connectivity index (χ2n) is 4.22. The van der Waals surface area contributed by atoms with E-state index in [1.165, 1.54) is 23.6 Å². The van der Waals surface area contributed by atoms with Crippen molar-refractivity contribution in [1.29, 1.82) is 0 Å². The predicted molar refractivity (Wildman–Crippen MR) is 84.2 cm³/mol. The van der Waals surface area contributed by atoms with E-state index in [1.54, 1.807) is 13.1 Å². The first-order chi connectivity index (χ1) is 10.1. The van der Waals surface area contributed by atoms with Gasteiger partial charge in [-0.3, -0.25) is 4.72 Å². The molecule has 0 aliphatic heterocycles. The van der Waals surface area contributed by atoms with Gasteiger partial charge in [-0.05, 0) is 24.3 Å². The molecular formula is C13H12N4O2S2. The van der Waals surface area contributed by atoms with Crippen LogP contribution in [-0.4, -0.2) is 25.4 Å². The molecule has 21 heavy (non-hydrogen) atoms. The maximum Gasteiger partial charge on any atom is 0.265 e. The highest BCUT2D eigenvalue weighted by Crippen LogP contribution is 2.27. The molecule has 0 spiro atoms. The first-order valence-electron chi connectivity index (χ1n) is 6.11. The average Bonchev–Trinajstić information content (AvgIpc) is 2.88. The molecule has 3 rings (SSSR count). The van der Waals surface area contributed by atoms with Crippen LogP contribution >= 0.6 is 11.3 Å². The van der Waals surface area contributed by atoms with E-state index in [2.05, 4.69) is 20.0 Å². The van der Waals surface area contributed by atoms with Crippen LogP contribution in [0.15, 0.2) is 47.5 Å². The summed E-state index contributed by atoms with van der Waals surface area (Å²) in [7, 11) is -1.96. The van der Waals surface area contributed by atoms with Crippen LogP contribution in [0.2, 0.25) is 0 Å². The standard InChI is InChI=1S/C13H12N4O2S2/c1-14-12-7-6-9(8-15-12)21(18,19)17-13-16-10-4-2-3-5-11(10)20-13/h2-8H,1H3,(H,14,15)(H,16,17). The fraction of sp³-hybridized carbons (Fsp3) is 0.0769. The average molecular weight is 320 g/mol. The summed E-state index contributed by atoms with van der Waals surface area (Å²) in [6.07, 6.45) is 1.31. The Morgan fingerprint density at radius 3 is 2.62 bits per heavy atom. The van der Waals surface area contributed by atoms with Gasteiger partial charge in [0.05, 0.1) is 10.2 Å². The Balaban J connectivity index is 1.91. The lowest BCUT2D eigenvalue weighted by Crippen LogP contribution is -2.13. The smallest absolute Gasteiger partial charge is 0.265 e. The number of nitrogens with one attached hydrogen (secondary N) is 2. The Kier molecular flexibility index (Phi) is 3.48. The van der Waals surface area contributed by atoms with E-state index >= 15 is 0 Å². The number of anilines is 2. The van der Waals surface area contributed by atoms with Gasteiger partial charge >= 0.3 is 0 Å². The molecule has 0 aliphatic carbocycles. The Hall–Kier alpha value is -2.19. The zero-order valence-electron chi connectivity index (χ0n) is 11.1. The summed E-state index contributed by atoms with van der Waals surface area (Å²) in [5.41, 5.74) is 0.767. The number of aromatic nitrogens is 2. The number of para-hydroxylation sites is 1. The van der Waals surface area contributed by atoms with Crippen molar-refractivity contribution in [1.82, 2.24) is 9.97 Å². The van der Waals surface area contributed by atoms with Crippen molar-refractivity contribution in [2.75, 3.05) is 17.1 Å². The highest BCUT2D eigenvalue weighted by Gasteiger charge is 2.17. The normalized spacial score (nSPS) is 11.5. The van der Waals surface area contributed by atoms with Gasteiger partial charge in [-0.1, -0.05) is 23.5 Å². The number of pyridine rings is 1. The number of benzene rings is 1. The zero-order chi connectivity index (χ0) is 14.9. The third-order valence-corrected chi connectivity index (χ3v) is 5.22. The minimum Gasteiger partial charge on any atom is -0.373 e. The monoisotopic (exact) mass is 320 g/mol. The van der Waals surface area contributed by atoms with Crippen molar-refractivity contribution >= 4 is 42.5 Å². The Labute approximate surface area is 125 Å².